The molecule has 0 saturated heterocycles. The molecular formula is C20H18O. The average Bonchev–Trinajstić information content (AvgIpc) is 2.54. The summed E-state index contributed by atoms with van der Waals surface area (Å²) in [5, 5.41) is 10.3. The molecule has 104 valence electrons. The van der Waals surface area contributed by atoms with E-state index in [-0.39, 0.29) is 0 Å². The van der Waals surface area contributed by atoms with Gasteiger partial charge < -0.3 is 5.11 Å². The lowest BCUT2D eigenvalue weighted by atomic mass is 9.89. The normalized spacial score (nSPS) is 10.6. The Kier molecular flexibility index (Phi) is 3.49. The number of hydrogen-bond acceptors (Lipinski definition) is 1. The predicted molar refractivity (Wildman–Crippen MR) is 88.5 cm³/mol. The van der Waals surface area contributed by atoms with Crippen molar-refractivity contribution in [1.82, 2.24) is 0 Å². The lowest BCUT2D eigenvalue weighted by Gasteiger charge is -2.17. The third-order valence-electron chi connectivity index (χ3n) is 3.88. The van der Waals surface area contributed by atoms with E-state index < -0.39 is 0 Å². The minimum atomic E-state index is 0.383. The van der Waals surface area contributed by atoms with E-state index in [0.717, 1.165) is 27.8 Å². The molecule has 0 heterocycles. The zero-order valence-corrected chi connectivity index (χ0v) is 12.3. The third kappa shape index (κ3) is 2.43. The van der Waals surface area contributed by atoms with Crippen LogP contribution < -0.4 is 0 Å². The molecule has 3 aromatic carbocycles. The van der Waals surface area contributed by atoms with Crippen LogP contribution in [0.2, 0.25) is 0 Å². The average molecular weight is 274 g/mol. The van der Waals surface area contributed by atoms with Crippen molar-refractivity contribution in [2.45, 2.75) is 13.8 Å². The Balaban J connectivity index is 2.34. The molecule has 1 nitrogen and oxygen atoms in total. The molecule has 21 heavy (non-hydrogen) atoms. The standard InChI is InChI=1S/C20H18O/c1-14-13-18(16-9-5-3-6-10-16)19(15(2)20(14)21)17-11-7-4-8-12-17/h3-13,21H,1-2H3. The minimum absolute atomic E-state index is 0.383. The van der Waals surface area contributed by atoms with E-state index in [4.69, 9.17) is 0 Å². The molecule has 0 fully saturated rings. The number of aryl methyl sites for hydroxylation is 1. The first kappa shape index (κ1) is 13.4. The molecule has 0 unspecified atom stereocenters. The molecule has 1 N–H and O–H groups in total. The van der Waals surface area contributed by atoms with Crippen LogP contribution in [0.15, 0.2) is 66.7 Å². The zero-order chi connectivity index (χ0) is 14.8. The van der Waals surface area contributed by atoms with E-state index in [2.05, 4.69) is 30.3 Å². The van der Waals surface area contributed by atoms with Gasteiger partial charge in [-0.3, -0.25) is 0 Å². The quantitative estimate of drug-likeness (QED) is 0.668. The Labute approximate surface area is 125 Å². The summed E-state index contributed by atoms with van der Waals surface area (Å²) in [6.45, 7) is 3.93. The molecule has 0 aliphatic carbocycles. The van der Waals surface area contributed by atoms with E-state index in [1.165, 1.54) is 5.56 Å². The van der Waals surface area contributed by atoms with Crippen molar-refractivity contribution >= 4 is 0 Å². The highest BCUT2D eigenvalue weighted by atomic mass is 16.3. The molecule has 0 bridgehead atoms. The Morgan fingerprint density at radius 1 is 0.714 bits per heavy atom. The molecule has 0 amide bonds. The fraction of sp³-hybridized carbons (Fsp3) is 0.100. The number of phenols is 1. The van der Waals surface area contributed by atoms with Gasteiger partial charge in [-0.1, -0.05) is 60.7 Å². The smallest absolute Gasteiger partial charge is 0.122 e. The number of benzene rings is 3. The van der Waals surface area contributed by atoms with Crippen LogP contribution in [0.25, 0.3) is 22.3 Å². The maximum atomic E-state index is 10.3. The van der Waals surface area contributed by atoms with Crippen molar-refractivity contribution in [2.75, 3.05) is 0 Å². The summed E-state index contributed by atoms with van der Waals surface area (Å²) in [7, 11) is 0. The molecule has 1 heteroatoms. The summed E-state index contributed by atoms with van der Waals surface area (Å²) >= 11 is 0. The third-order valence-corrected chi connectivity index (χ3v) is 3.88. The molecular weight excluding hydrogens is 256 g/mol. The molecule has 3 aromatic rings. The van der Waals surface area contributed by atoms with Gasteiger partial charge in [0.05, 0.1) is 0 Å². The second-order valence-electron chi connectivity index (χ2n) is 5.32. The first-order chi connectivity index (χ1) is 10.2. The van der Waals surface area contributed by atoms with Gasteiger partial charge in [0.15, 0.2) is 0 Å². The van der Waals surface area contributed by atoms with Crippen molar-refractivity contribution in [1.29, 1.82) is 0 Å². The summed E-state index contributed by atoms with van der Waals surface area (Å²) in [6.07, 6.45) is 0. The molecule has 0 aliphatic rings. The van der Waals surface area contributed by atoms with Crippen LogP contribution in [0.3, 0.4) is 0 Å². The Hall–Kier alpha value is -2.54. The van der Waals surface area contributed by atoms with Gasteiger partial charge in [0.1, 0.15) is 5.75 Å². The van der Waals surface area contributed by atoms with Gasteiger partial charge in [0, 0.05) is 0 Å². The summed E-state index contributed by atoms with van der Waals surface area (Å²) in [5.74, 6) is 0.383. The highest BCUT2D eigenvalue weighted by Crippen LogP contribution is 2.40. The van der Waals surface area contributed by atoms with Gasteiger partial charge >= 0.3 is 0 Å². The van der Waals surface area contributed by atoms with Crippen molar-refractivity contribution in [3.8, 4) is 28.0 Å². The van der Waals surface area contributed by atoms with Crippen LogP contribution >= 0.6 is 0 Å². The molecule has 3 rings (SSSR count). The van der Waals surface area contributed by atoms with E-state index in [0.29, 0.717) is 5.75 Å². The van der Waals surface area contributed by atoms with Crippen molar-refractivity contribution < 1.29 is 5.11 Å². The Morgan fingerprint density at radius 2 is 1.24 bits per heavy atom. The van der Waals surface area contributed by atoms with E-state index >= 15 is 0 Å². The first-order valence-corrected chi connectivity index (χ1v) is 7.12. The van der Waals surface area contributed by atoms with E-state index in [1.54, 1.807) is 0 Å². The maximum absolute atomic E-state index is 10.3. The van der Waals surface area contributed by atoms with Crippen molar-refractivity contribution in [3.63, 3.8) is 0 Å². The summed E-state index contributed by atoms with van der Waals surface area (Å²) in [5.41, 5.74) is 6.40. The van der Waals surface area contributed by atoms with Crippen molar-refractivity contribution in [3.05, 3.63) is 77.9 Å². The van der Waals surface area contributed by atoms with Crippen LogP contribution in [0.1, 0.15) is 11.1 Å². The SMILES string of the molecule is Cc1cc(-c2ccccc2)c(-c2ccccc2)c(C)c1O. The summed E-state index contributed by atoms with van der Waals surface area (Å²) in [6, 6.07) is 22.6. The molecule has 0 spiro atoms. The van der Waals surface area contributed by atoms with Gasteiger partial charge in [0.2, 0.25) is 0 Å². The highest BCUT2D eigenvalue weighted by Gasteiger charge is 2.15. The van der Waals surface area contributed by atoms with E-state index in [9.17, 15) is 5.11 Å². The number of hydrogen-bond donors (Lipinski definition) is 1. The molecule has 0 radical (unpaired) electrons. The fourth-order valence-corrected chi connectivity index (χ4v) is 2.80. The highest BCUT2D eigenvalue weighted by molar-refractivity contribution is 5.87. The largest absolute Gasteiger partial charge is 0.507 e. The maximum Gasteiger partial charge on any atom is 0.122 e. The van der Waals surface area contributed by atoms with Crippen molar-refractivity contribution in [2.24, 2.45) is 0 Å². The second-order valence-corrected chi connectivity index (χ2v) is 5.32. The Morgan fingerprint density at radius 3 is 1.81 bits per heavy atom. The first-order valence-electron chi connectivity index (χ1n) is 7.12. The lowest BCUT2D eigenvalue weighted by molar-refractivity contribution is 0.467. The number of aromatic hydroxyl groups is 1. The van der Waals surface area contributed by atoms with Crippen LogP contribution in [0, 0.1) is 13.8 Å². The van der Waals surface area contributed by atoms with Gasteiger partial charge in [-0.2, -0.15) is 0 Å². The molecule has 0 atom stereocenters. The number of phenolic OH excluding ortho intramolecular Hbond substituents is 1. The van der Waals surface area contributed by atoms with Crippen LogP contribution in [-0.4, -0.2) is 5.11 Å². The van der Waals surface area contributed by atoms with Gasteiger partial charge in [0.25, 0.3) is 0 Å². The van der Waals surface area contributed by atoms with Crippen LogP contribution in [0.4, 0.5) is 0 Å². The van der Waals surface area contributed by atoms with Crippen LogP contribution in [0.5, 0.6) is 5.75 Å². The number of rotatable bonds is 2. The van der Waals surface area contributed by atoms with Gasteiger partial charge in [-0.05, 0) is 53.3 Å². The van der Waals surface area contributed by atoms with Gasteiger partial charge in [-0.25, -0.2) is 0 Å². The summed E-state index contributed by atoms with van der Waals surface area (Å²) < 4.78 is 0. The summed E-state index contributed by atoms with van der Waals surface area (Å²) in [4.78, 5) is 0. The van der Waals surface area contributed by atoms with Gasteiger partial charge in [-0.15, -0.1) is 0 Å². The second kappa shape index (κ2) is 5.45. The minimum Gasteiger partial charge on any atom is -0.507 e. The monoisotopic (exact) mass is 274 g/mol. The lowest BCUT2D eigenvalue weighted by Crippen LogP contribution is -1.92. The van der Waals surface area contributed by atoms with E-state index in [1.807, 2.05) is 50.2 Å². The Bertz CT molecular complexity index is 759. The topological polar surface area (TPSA) is 20.2 Å². The molecule has 0 aromatic heterocycles. The molecule has 0 saturated carbocycles. The predicted octanol–water partition coefficient (Wildman–Crippen LogP) is 5.34. The molecule has 0 aliphatic heterocycles. The van der Waals surface area contributed by atoms with Crippen LogP contribution in [-0.2, 0) is 0 Å². The fourth-order valence-electron chi connectivity index (χ4n) is 2.80. The zero-order valence-electron chi connectivity index (χ0n) is 12.3.